The maximum Gasteiger partial charge on any atom is 0.240 e. The van der Waals surface area contributed by atoms with E-state index in [2.05, 4.69) is 25.6 Å². The molecular weight excluding hydrogens is 524 g/mol. The van der Waals surface area contributed by atoms with Gasteiger partial charge in [-0.1, -0.05) is 43.0 Å². The average Bonchev–Trinajstić information content (AvgIpc) is 3.48. The molecule has 9 heteroatoms. The Kier molecular flexibility index (Phi) is 9.79. The van der Waals surface area contributed by atoms with Crippen molar-refractivity contribution in [1.82, 2.24) is 30.3 Å². The summed E-state index contributed by atoms with van der Waals surface area (Å²) in [4.78, 5) is 31.9. The van der Waals surface area contributed by atoms with Crippen molar-refractivity contribution < 1.29 is 9.59 Å². The smallest absolute Gasteiger partial charge is 0.240 e. The number of piperidine rings is 1. The van der Waals surface area contributed by atoms with E-state index in [4.69, 9.17) is 11.6 Å². The summed E-state index contributed by atoms with van der Waals surface area (Å²) in [6.07, 6.45) is 16.5. The molecule has 5 rings (SSSR count). The van der Waals surface area contributed by atoms with Crippen LogP contribution in [0.2, 0.25) is 5.02 Å². The summed E-state index contributed by atoms with van der Waals surface area (Å²) in [5.74, 6) is 0.923. The van der Waals surface area contributed by atoms with Crippen molar-refractivity contribution in [3.8, 4) is 0 Å². The predicted molar refractivity (Wildman–Crippen MR) is 157 cm³/mol. The molecule has 2 aliphatic carbocycles. The number of nitrogens with zero attached hydrogens (tertiary/aromatic N) is 4. The van der Waals surface area contributed by atoms with E-state index in [1.54, 1.807) is 13.3 Å². The summed E-state index contributed by atoms with van der Waals surface area (Å²) in [7, 11) is 0. The first-order chi connectivity index (χ1) is 19.4. The zero-order valence-corrected chi connectivity index (χ0v) is 24.6. The van der Waals surface area contributed by atoms with Crippen molar-refractivity contribution in [3.63, 3.8) is 0 Å². The molecule has 3 aliphatic rings. The summed E-state index contributed by atoms with van der Waals surface area (Å²) < 4.78 is 2.01. The highest BCUT2D eigenvalue weighted by Gasteiger charge is 2.44. The van der Waals surface area contributed by atoms with Gasteiger partial charge in [0, 0.05) is 43.7 Å². The van der Waals surface area contributed by atoms with Crippen LogP contribution in [0.25, 0.3) is 0 Å². The van der Waals surface area contributed by atoms with Gasteiger partial charge in [0.25, 0.3) is 0 Å². The molecule has 2 aromatic rings. The van der Waals surface area contributed by atoms with Crippen LogP contribution in [0.4, 0.5) is 0 Å². The lowest BCUT2D eigenvalue weighted by molar-refractivity contribution is -0.137. The molecule has 1 aliphatic heterocycles. The highest BCUT2D eigenvalue weighted by atomic mass is 35.5. The van der Waals surface area contributed by atoms with Gasteiger partial charge >= 0.3 is 0 Å². The molecule has 3 fully saturated rings. The van der Waals surface area contributed by atoms with Crippen LogP contribution >= 0.6 is 11.6 Å². The van der Waals surface area contributed by atoms with Gasteiger partial charge < -0.3 is 15.5 Å². The second-order valence-corrected chi connectivity index (χ2v) is 12.9. The molecule has 1 atom stereocenters. The molecule has 0 radical (unpaired) electrons. The molecule has 218 valence electrons. The van der Waals surface area contributed by atoms with E-state index in [1.165, 1.54) is 32.1 Å². The van der Waals surface area contributed by atoms with Crippen LogP contribution in [0.1, 0.15) is 83.1 Å². The zero-order valence-electron chi connectivity index (χ0n) is 23.9. The van der Waals surface area contributed by atoms with Crippen molar-refractivity contribution in [1.29, 1.82) is 0 Å². The van der Waals surface area contributed by atoms with Crippen LogP contribution in [0, 0.1) is 11.3 Å². The maximum absolute atomic E-state index is 14.1. The second-order valence-electron chi connectivity index (χ2n) is 12.4. The number of aromatic nitrogens is 3. The van der Waals surface area contributed by atoms with Gasteiger partial charge in [0.2, 0.25) is 11.8 Å². The van der Waals surface area contributed by atoms with Gasteiger partial charge in [-0.15, -0.1) is 0 Å². The van der Waals surface area contributed by atoms with Gasteiger partial charge in [0.15, 0.2) is 0 Å². The fraction of sp³-hybridized carbons (Fsp3) is 0.677. The summed E-state index contributed by atoms with van der Waals surface area (Å²) in [6.45, 7) is 4.05. The number of benzene rings is 1. The largest absolute Gasteiger partial charge is 0.354 e. The van der Waals surface area contributed by atoms with Crippen molar-refractivity contribution in [2.24, 2.45) is 11.3 Å². The normalized spacial score (nSPS) is 24.4. The molecule has 0 unspecified atom stereocenters. The standard InChI is InChI=1S/C31H45ClN6O2/c1-23(39)35-27-11-13-28(14-12-27)36-29(19-24-7-9-26(32)10-8-24)30(40)37-17-15-31(16-18-37,20-38-22-33-21-34-38)25-5-3-2-4-6-25/h7-10,21-22,25,27-29,36H,2-6,11-20H2,1H3,(H,35,39)/t27?,28?,29-/m1/s1. The summed E-state index contributed by atoms with van der Waals surface area (Å²) in [6, 6.07) is 8.09. The molecule has 40 heavy (non-hydrogen) atoms. The molecule has 0 spiro atoms. The predicted octanol–water partition coefficient (Wildman–Crippen LogP) is 4.77. The Morgan fingerprint density at radius 3 is 2.30 bits per heavy atom. The number of carbonyl (C=O) groups excluding carboxylic acids is 2. The first kappa shape index (κ1) is 29.1. The van der Waals surface area contributed by atoms with Gasteiger partial charge in [-0.2, -0.15) is 5.10 Å². The molecule has 2 heterocycles. The highest BCUT2D eigenvalue weighted by molar-refractivity contribution is 6.30. The van der Waals surface area contributed by atoms with Crippen molar-refractivity contribution in [2.75, 3.05) is 13.1 Å². The minimum Gasteiger partial charge on any atom is -0.354 e. The molecule has 2 amide bonds. The van der Waals surface area contributed by atoms with E-state index < -0.39 is 0 Å². The van der Waals surface area contributed by atoms with Gasteiger partial charge in [-0.05, 0) is 86.8 Å². The molecule has 1 aromatic heterocycles. The number of hydrogen-bond donors (Lipinski definition) is 2. The van der Waals surface area contributed by atoms with Crippen LogP contribution in [0.5, 0.6) is 0 Å². The third-order valence-corrected chi connectivity index (χ3v) is 9.96. The fourth-order valence-electron chi connectivity index (χ4n) is 7.49. The Bertz CT molecular complexity index is 1090. The monoisotopic (exact) mass is 568 g/mol. The number of carbonyl (C=O) groups is 2. The zero-order chi connectivity index (χ0) is 28.0. The number of likely N-dealkylation sites (tertiary alicyclic amines) is 1. The average molecular weight is 569 g/mol. The Hall–Kier alpha value is -2.45. The number of nitrogens with one attached hydrogen (secondary N) is 2. The van der Waals surface area contributed by atoms with Gasteiger partial charge in [0.1, 0.15) is 12.7 Å². The fourth-order valence-corrected chi connectivity index (χ4v) is 7.62. The topological polar surface area (TPSA) is 92.2 Å². The lowest BCUT2D eigenvalue weighted by atomic mass is 9.63. The third kappa shape index (κ3) is 7.43. The molecule has 2 saturated carbocycles. The molecule has 1 saturated heterocycles. The van der Waals surface area contributed by atoms with Crippen LogP contribution < -0.4 is 10.6 Å². The Morgan fingerprint density at radius 2 is 1.68 bits per heavy atom. The van der Waals surface area contributed by atoms with Crippen LogP contribution in [-0.4, -0.2) is 62.7 Å². The van der Waals surface area contributed by atoms with Gasteiger partial charge in [-0.25, -0.2) is 4.98 Å². The molecule has 1 aromatic carbocycles. The summed E-state index contributed by atoms with van der Waals surface area (Å²) in [5.41, 5.74) is 1.29. The summed E-state index contributed by atoms with van der Waals surface area (Å²) >= 11 is 6.15. The second kappa shape index (κ2) is 13.5. The SMILES string of the molecule is CC(=O)NC1CCC(N[C@H](Cc2ccc(Cl)cc2)C(=O)N2CCC(Cn3cncn3)(C3CCCCC3)CC2)CC1. The minimum absolute atomic E-state index is 0.0328. The van der Waals surface area contributed by atoms with Crippen LogP contribution in [0.15, 0.2) is 36.9 Å². The van der Waals surface area contributed by atoms with Gasteiger partial charge in [-0.3, -0.25) is 14.3 Å². The Morgan fingerprint density at radius 1 is 1.00 bits per heavy atom. The van der Waals surface area contributed by atoms with Crippen molar-refractivity contribution in [2.45, 2.75) is 109 Å². The van der Waals surface area contributed by atoms with Gasteiger partial charge in [0.05, 0.1) is 6.04 Å². The number of rotatable bonds is 9. The first-order valence-corrected chi connectivity index (χ1v) is 15.7. The van der Waals surface area contributed by atoms with E-state index in [-0.39, 0.29) is 35.4 Å². The van der Waals surface area contributed by atoms with E-state index in [0.29, 0.717) is 17.4 Å². The molecule has 0 bridgehead atoms. The number of halogens is 1. The quantitative estimate of drug-likeness (QED) is 0.455. The minimum atomic E-state index is -0.277. The third-order valence-electron chi connectivity index (χ3n) is 9.71. The molecule has 8 nitrogen and oxygen atoms in total. The van der Waals surface area contributed by atoms with Crippen LogP contribution in [-0.2, 0) is 22.6 Å². The van der Waals surface area contributed by atoms with Crippen molar-refractivity contribution >= 4 is 23.4 Å². The lowest BCUT2D eigenvalue weighted by Crippen LogP contribution is -2.56. The maximum atomic E-state index is 14.1. The Balaban J connectivity index is 1.26. The highest BCUT2D eigenvalue weighted by Crippen LogP contribution is 2.47. The number of hydrogen-bond acceptors (Lipinski definition) is 5. The van der Waals surface area contributed by atoms with E-state index in [0.717, 1.165) is 63.7 Å². The van der Waals surface area contributed by atoms with E-state index in [9.17, 15) is 9.59 Å². The van der Waals surface area contributed by atoms with E-state index in [1.807, 2.05) is 35.3 Å². The molecular formula is C31H45ClN6O2. The molecule has 2 N–H and O–H groups in total. The van der Waals surface area contributed by atoms with Crippen LogP contribution in [0.3, 0.4) is 0 Å². The Labute approximate surface area is 243 Å². The first-order valence-electron chi connectivity index (χ1n) is 15.3. The van der Waals surface area contributed by atoms with Crippen molar-refractivity contribution in [3.05, 3.63) is 47.5 Å². The lowest BCUT2D eigenvalue weighted by Gasteiger charge is -2.48. The van der Waals surface area contributed by atoms with E-state index >= 15 is 0 Å². The number of amides is 2. The summed E-state index contributed by atoms with van der Waals surface area (Å²) in [5, 5.41) is 12.0.